The van der Waals surface area contributed by atoms with E-state index in [9.17, 15) is 12.6 Å². The van der Waals surface area contributed by atoms with Crippen LogP contribution in [0.5, 0.6) is 0 Å². The minimum Gasteiger partial charge on any atom is -0.370 e. The highest BCUT2D eigenvalue weighted by atomic mass is 32.2. The minimum atomic E-state index is -3.49. The first-order chi connectivity index (χ1) is 10.8. The van der Waals surface area contributed by atoms with Gasteiger partial charge < -0.3 is 10.2 Å². The largest absolute Gasteiger partial charge is 0.370 e. The maximum Gasteiger partial charge on any atom is 0.259 e. The zero-order chi connectivity index (χ0) is 17.0. The molecule has 0 spiro atoms. The molecule has 130 valence electrons. The van der Waals surface area contributed by atoms with Crippen molar-refractivity contribution in [3.8, 4) is 0 Å². The van der Waals surface area contributed by atoms with E-state index in [0.29, 0.717) is 5.69 Å². The Kier molecular flexibility index (Phi) is 5.84. The van der Waals surface area contributed by atoms with Gasteiger partial charge in [0.1, 0.15) is 0 Å². The predicted molar refractivity (Wildman–Crippen MR) is 93.8 cm³/mol. The number of rotatable bonds is 5. The van der Waals surface area contributed by atoms with E-state index >= 15 is 0 Å². The van der Waals surface area contributed by atoms with Crippen LogP contribution in [0.15, 0.2) is 18.2 Å². The van der Waals surface area contributed by atoms with Gasteiger partial charge in [-0.05, 0) is 31.2 Å². The van der Waals surface area contributed by atoms with Crippen LogP contribution in [0.3, 0.4) is 0 Å². The molecule has 0 amide bonds. The lowest BCUT2D eigenvalue weighted by molar-refractivity contribution is 0.570. The van der Waals surface area contributed by atoms with Gasteiger partial charge >= 0.3 is 0 Å². The maximum atomic E-state index is 11.8. The van der Waals surface area contributed by atoms with Crippen LogP contribution in [-0.4, -0.2) is 56.7 Å². The van der Waals surface area contributed by atoms with Crippen LogP contribution < -0.4 is 19.2 Å². The van der Waals surface area contributed by atoms with E-state index in [1.807, 2.05) is 6.07 Å². The van der Waals surface area contributed by atoms with E-state index in [1.54, 1.807) is 12.1 Å². The van der Waals surface area contributed by atoms with Gasteiger partial charge in [0.25, 0.3) is 11.3 Å². The summed E-state index contributed by atoms with van der Waals surface area (Å²) in [5.74, 6) is 0. The van der Waals surface area contributed by atoms with E-state index in [0.717, 1.165) is 48.8 Å². The minimum absolute atomic E-state index is 0.287. The number of hydrogen-bond acceptors (Lipinski definition) is 5. The standard InChI is InChI=1S/C13H22N4O4S2/c1-16(23(2,20)21)13-10-11(4-5-12(13)15-22(18)19)17-8-3-6-14-7-9-17/h4-5,10,14-15H,3,6-9H2,1-2H3,(H,18,19). The van der Waals surface area contributed by atoms with Gasteiger partial charge in [-0.2, -0.15) is 0 Å². The molecule has 1 atom stereocenters. The lowest BCUT2D eigenvalue weighted by Crippen LogP contribution is -2.29. The lowest BCUT2D eigenvalue weighted by atomic mass is 10.2. The summed E-state index contributed by atoms with van der Waals surface area (Å²) >= 11 is -2.28. The van der Waals surface area contributed by atoms with Gasteiger partial charge in [-0.25, -0.2) is 12.6 Å². The van der Waals surface area contributed by atoms with Crippen molar-refractivity contribution in [3.05, 3.63) is 18.2 Å². The topological polar surface area (TPSA) is 102 Å². The molecule has 1 heterocycles. The van der Waals surface area contributed by atoms with Gasteiger partial charge in [0.15, 0.2) is 0 Å². The van der Waals surface area contributed by atoms with Crippen molar-refractivity contribution < 1.29 is 17.2 Å². The van der Waals surface area contributed by atoms with Gasteiger partial charge in [-0.3, -0.25) is 13.6 Å². The van der Waals surface area contributed by atoms with Crippen LogP contribution in [0.4, 0.5) is 17.1 Å². The average molecular weight is 362 g/mol. The highest BCUT2D eigenvalue weighted by Crippen LogP contribution is 2.32. The smallest absolute Gasteiger partial charge is 0.259 e. The van der Waals surface area contributed by atoms with E-state index in [1.165, 1.54) is 7.05 Å². The number of sulfonamides is 1. The molecule has 23 heavy (non-hydrogen) atoms. The summed E-state index contributed by atoms with van der Waals surface area (Å²) in [5, 5.41) is 3.31. The van der Waals surface area contributed by atoms with Crippen molar-refractivity contribution in [1.82, 2.24) is 5.32 Å². The Morgan fingerprint density at radius 2 is 2.09 bits per heavy atom. The van der Waals surface area contributed by atoms with Crippen LogP contribution in [0.1, 0.15) is 6.42 Å². The second kappa shape index (κ2) is 7.47. The molecular weight excluding hydrogens is 340 g/mol. The van der Waals surface area contributed by atoms with Crippen LogP contribution in [-0.2, 0) is 21.3 Å². The number of nitrogens with one attached hydrogen (secondary N) is 2. The summed E-state index contributed by atoms with van der Waals surface area (Å²) in [6.07, 6.45) is 2.09. The van der Waals surface area contributed by atoms with Crippen LogP contribution >= 0.6 is 0 Å². The number of nitrogens with zero attached hydrogens (tertiary/aromatic N) is 2. The van der Waals surface area contributed by atoms with Gasteiger partial charge in [0.2, 0.25) is 10.0 Å². The van der Waals surface area contributed by atoms with Crippen molar-refractivity contribution in [2.24, 2.45) is 0 Å². The number of hydrogen-bond donors (Lipinski definition) is 3. The molecule has 1 fully saturated rings. The first kappa shape index (κ1) is 18.0. The van der Waals surface area contributed by atoms with Crippen molar-refractivity contribution in [3.63, 3.8) is 0 Å². The summed E-state index contributed by atoms with van der Waals surface area (Å²) in [4.78, 5) is 2.17. The molecule has 0 saturated carbocycles. The second-order valence-corrected chi connectivity index (χ2v) is 8.09. The second-order valence-electron chi connectivity index (χ2n) is 5.37. The summed E-state index contributed by atoms with van der Waals surface area (Å²) < 4.78 is 47.2. The highest BCUT2D eigenvalue weighted by Gasteiger charge is 2.19. The van der Waals surface area contributed by atoms with Crippen molar-refractivity contribution in [2.45, 2.75) is 6.42 Å². The first-order valence-corrected chi connectivity index (χ1v) is 10.2. The Morgan fingerprint density at radius 1 is 1.35 bits per heavy atom. The van der Waals surface area contributed by atoms with E-state index < -0.39 is 21.3 Å². The molecule has 1 aromatic carbocycles. The van der Waals surface area contributed by atoms with Gasteiger partial charge in [0, 0.05) is 32.4 Å². The summed E-state index contributed by atoms with van der Waals surface area (Å²) in [6, 6.07) is 5.17. The average Bonchev–Trinajstić information content (AvgIpc) is 2.74. The quantitative estimate of drug-likeness (QED) is 0.657. The summed E-state index contributed by atoms with van der Waals surface area (Å²) in [6.45, 7) is 3.50. The van der Waals surface area contributed by atoms with E-state index in [2.05, 4.69) is 14.9 Å². The fourth-order valence-electron chi connectivity index (χ4n) is 2.44. The summed E-state index contributed by atoms with van der Waals surface area (Å²) in [5.41, 5.74) is 1.51. The zero-order valence-electron chi connectivity index (χ0n) is 13.2. The van der Waals surface area contributed by atoms with Gasteiger partial charge in [-0.1, -0.05) is 0 Å². The molecule has 1 aliphatic heterocycles. The molecule has 2 rings (SSSR count). The predicted octanol–water partition coefficient (Wildman–Crippen LogP) is 0.431. The third-order valence-corrected chi connectivity index (χ3v) is 5.31. The molecule has 1 saturated heterocycles. The fourth-order valence-corrected chi connectivity index (χ4v) is 3.31. The highest BCUT2D eigenvalue weighted by molar-refractivity contribution is 7.92. The van der Waals surface area contributed by atoms with Crippen molar-refractivity contribution in [1.29, 1.82) is 0 Å². The monoisotopic (exact) mass is 362 g/mol. The number of benzene rings is 1. The SMILES string of the molecule is CN(c1cc(N2CCCNCC2)ccc1NS(=O)O)S(C)(=O)=O. The van der Waals surface area contributed by atoms with Gasteiger partial charge in [0.05, 0.1) is 17.6 Å². The van der Waals surface area contributed by atoms with E-state index in [-0.39, 0.29) is 5.69 Å². The van der Waals surface area contributed by atoms with Crippen molar-refractivity contribution >= 4 is 38.4 Å². The van der Waals surface area contributed by atoms with Crippen molar-refractivity contribution in [2.75, 3.05) is 53.4 Å². The molecule has 0 bridgehead atoms. The summed E-state index contributed by atoms with van der Waals surface area (Å²) in [7, 11) is -2.07. The van der Waals surface area contributed by atoms with Crippen LogP contribution in [0, 0.1) is 0 Å². The van der Waals surface area contributed by atoms with Crippen LogP contribution in [0.25, 0.3) is 0 Å². The lowest BCUT2D eigenvalue weighted by Gasteiger charge is -2.26. The third kappa shape index (κ3) is 4.80. The Balaban J connectivity index is 2.41. The molecule has 10 heteroatoms. The molecule has 1 aromatic rings. The molecular formula is C13H22N4O4S2. The maximum absolute atomic E-state index is 11.8. The first-order valence-electron chi connectivity index (χ1n) is 7.20. The van der Waals surface area contributed by atoms with Gasteiger partial charge in [-0.15, -0.1) is 0 Å². The zero-order valence-corrected chi connectivity index (χ0v) is 14.8. The molecule has 0 radical (unpaired) electrons. The van der Waals surface area contributed by atoms with Crippen LogP contribution in [0.2, 0.25) is 0 Å². The van der Waals surface area contributed by atoms with E-state index in [4.69, 9.17) is 4.55 Å². The fraction of sp³-hybridized carbons (Fsp3) is 0.538. The molecule has 0 aromatic heterocycles. The Bertz CT molecular complexity index is 673. The Morgan fingerprint density at radius 3 is 2.74 bits per heavy atom. The molecule has 0 aliphatic carbocycles. The molecule has 3 N–H and O–H groups in total. The third-order valence-electron chi connectivity index (χ3n) is 3.72. The molecule has 8 nitrogen and oxygen atoms in total. The normalized spacial score (nSPS) is 17.4. The molecule has 1 unspecified atom stereocenters. The molecule has 1 aliphatic rings. The Labute approximate surface area is 139 Å². The number of anilines is 3. The Hall–Kier alpha value is -1.36.